The SMILES string of the molecule is Cc1ccc(N/C=C/C(=O)c2ccc(F)cc2)c(O)c1. The van der Waals surface area contributed by atoms with Gasteiger partial charge >= 0.3 is 0 Å². The predicted molar refractivity (Wildman–Crippen MR) is 76.3 cm³/mol. The Morgan fingerprint density at radius 3 is 2.55 bits per heavy atom. The fourth-order valence-electron chi connectivity index (χ4n) is 1.68. The van der Waals surface area contributed by atoms with Gasteiger partial charge in [0, 0.05) is 17.8 Å². The van der Waals surface area contributed by atoms with Crippen molar-refractivity contribution in [2.45, 2.75) is 6.92 Å². The standard InChI is InChI=1S/C16H14FNO2/c1-11-2-7-14(16(20)10-11)18-9-8-15(19)12-3-5-13(17)6-4-12/h2-10,18,20H,1H3/b9-8+. The predicted octanol–water partition coefficient (Wildman–Crippen LogP) is 3.65. The molecule has 2 rings (SSSR count). The maximum Gasteiger partial charge on any atom is 0.187 e. The molecule has 20 heavy (non-hydrogen) atoms. The lowest BCUT2D eigenvalue weighted by molar-refractivity contribution is 0.104. The minimum atomic E-state index is -0.381. The Morgan fingerprint density at radius 2 is 1.90 bits per heavy atom. The van der Waals surface area contributed by atoms with E-state index in [0.29, 0.717) is 11.3 Å². The van der Waals surface area contributed by atoms with E-state index in [1.807, 2.05) is 13.0 Å². The zero-order chi connectivity index (χ0) is 14.5. The third-order valence-electron chi connectivity index (χ3n) is 2.76. The number of ketones is 1. The van der Waals surface area contributed by atoms with Crippen LogP contribution in [0, 0.1) is 12.7 Å². The molecule has 0 aliphatic heterocycles. The highest BCUT2D eigenvalue weighted by Crippen LogP contribution is 2.23. The highest BCUT2D eigenvalue weighted by molar-refractivity contribution is 6.04. The van der Waals surface area contributed by atoms with Crippen molar-refractivity contribution in [3.8, 4) is 5.75 Å². The highest BCUT2D eigenvalue weighted by Gasteiger charge is 2.02. The van der Waals surface area contributed by atoms with Crippen LogP contribution in [0.3, 0.4) is 0 Å². The highest BCUT2D eigenvalue weighted by atomic mass is 19.1. The number of hydrogen-bond donors (Lipinski definition) is 2. The van der Waals surface area contributed by atoms with Crippen LogP contribution in [0.4, 0.5) is 10.1 Å². The van der Waals surface area contributed by atoms with Gasteiger partial charge in [0.15, 0.2) is 5.78 Å². The number of phenolic OH excluding ortho intramolecular Hbond substituents is 1. The van der Waals surface area contributed by atoms with Gasteiger partial charge in [-0.15, -0.1) is 0 Å². The number of hydrogen-bond acceptors (Lipinski definition) is 3. The van der Waals surface area contributed by atoms with E-state index in [9.17, 15) is 14.3 Å². The number of carbonyl (C=O) groups is 1. The summed E-state index contributed by atoms with van der Waals surface area (Å²) < 4.78 is 12.7. The van der Waals surface area contributed by atoms with Gasteiger partial charge < -0.3 is 10.4 Å². The zero-order valence-corrected chi connectivity index (χ0v) is 10.9. The topological polar surface area (TPSA) is 49.3 Å². The molecule has 0 saturated heterocycles. The van der Waals surface area contributed by atoms with E-state index in [2.05, 4.69) is 5.32 Å². The van der Waals surface area contributed by atoms with E-state index in [4.69, 9.17) is 0 Å². The summed E-state index contributed by atoms with van der Waals surface area (Å²) in [6, 6.07) is 10.5. The Labute approximate surface area is 116 Å². The smallest absolute Gasteiger partial charge is 0.187 e. The van der Waals surface area contributed by atoms with Crippen LogP contribution in [-0.4, -0.2) is 10.9 Å². The van der Waals surface area contributed by atoms with E-state index >= 15 is 0 Å². The van der Waals surface area contributed by atoms with Crippen LogP contribution in [0.5, 0.6) is 5.75 Å². The van der Waals surface area contributed by atoms with Crippen molar-refractivity contribution in [1.82, 2.24) is 0 Å². The summed E-state index contributed by atoms with van der Waals surface area (Å²) in [5.74, 6) is -0.513. The van der Waals surface area contributed by atoms with Gasteiger partial charge in [0.25, 0.3) is 0 Å². The molecule has 0 amide bonds. The maximum absolute atomic E-state index is 12.7. The molecule has 0 fully saturated rings. The molecule has 0 unspecified atom stereocenters. The van der Waals surface area contributed by atoms with Gasteiger partial charge in [-0.05, 0) is 48.9 Å². The summed E-state index contributed by atoms with van der Waals surface area (Å²) in [6.45, 7) is 1.87. The number of nitrogens with one attached hydrogen (secondary N) is 1. The van der Waals surface area contributed by atoms with Crippen LogP contribution in [0.15, 0.2) is 54.7 Å². The Kier molecular flexibility index (Phi) is 4.15. The van der Waals surface area contributed by atoms with Crippen LogP contribution >= 0.6 is 0 Å². The summed E-state index contributed by atoms with van der Waals surface area (Å²) in [5, 5.41) is 12.5. The molecule has 0 bridgehead atoms. The van der Waals surface area contributed by atoms with E-state index in [-0.39, 0.29) is 17.3 Å². The second-order valence-corrected chi connectivity index (χ2v) is 4.37. The molecule has 0 spiro atoms. The summed E-state index contributed by atoms with van der Waals surface area (Å²) in [4.78, 5) is 11.8. The molecule has 2 aromatic carbocycles. The molecule has 4 heteroatoms. The molecular formula is C16H14FNO2. The van der Waals surface area contributed by atoms with Crippen LogP contribution in [0.1, 0.15) is 15.9 Å². The fourth-order valence-corrected chi connectivity index (χ4v) is 1.68. The first kappa shape index (κ1) is 13.8. The molecule has 0 aromatic heterocycles. The molecular weight excluding hydrogens is 257 g/mol. The third-order valence-corrected chi connectivity index (χ3v) is 2.76. The number of aromatic hydroxyl groups is 1. The van der Waals surface area contributed by atoms with Crippen LogP contribution < -0.4 is 5.32 Å². The molecule has 0 aliphatic carbocycles. The van der Waals surface area contributed by atoms with E-state index < -0.39 is 0 Å². The van der Waals surface area contributed by atoms with Crippen molar-refractivity contribution in [2.75, 3.05) is 5.32 Å². The Balaban J connectivity index is 2.02. The summed E-state index contributed by atoms with van der Waals surface area (Å²) in [7, 11) is 0. The average molecular weight is 271 g/mol. The molecule has 2 aromatic rings. The first-order chi connectivity index (χ1) is 9.56. The Hall–Kier alpha value is -2.62. The van der Waals surface area contributed by atoms with Crippen molar-refractivity contribution in [3.63, 3.8) is 0 Å². The van der Waals surface area contributed by atoms with Crippen LogP contribution in [-0.2, 0) is 0 Å². The average Bonchev–Trinajstić information content (AvgIpc) is 2.42. The second kappa shape index (κ2) is 6.02. The van der Waals surface area contributed by atoms with Crippen molar-refractivity contribution >= 4 is 11.5 Å². The number of rotatable bonds is 4. The Morgan fingerprint density at radius 1 is 1.20 bits per heavy atom. The Bertz CT molecular complexity index is 648. The lowest BCUT2D eigenvalue weighted by atomic mass is 10.1. The van der Waals surface area contributed by atoms with Gasteiger partial charge in [0.05, 0.1) is 5.69 Å². The number of allylic oxidation sites excluding steroid dienone is 1. The van der Waals surface area contributed by atoms with Gasteiger partial charge in [0.2, 0.25) is 0 Å². The van der Waals surface area contributed by atoms with Crippen LogP contribution in [0.2, 0.25) is 0 Å². The third kappa shape index (κ3) is 3.45. The summed E-state index contributed by atoms with van der Waals surface area (Å²) >= 11 is 0. The number of halogens is 1. The molecule has 102 valence electrons. The zero-order valence-electron chi connectivity index (χ0n) is 10.9. The molecule has 0 radical (unpaired) electrons. The van der Waals surface area contributed by atoms with Gasteiger partial charge in [-0.25, -0.2) is 4.39 Å². The minimum Gasteiger partial charge on any atom is -0.506 e. The molecule has 0 saturated carbocycles. The number of phenols is 1. The molecule has 2 N–H and O–H groups in total. The van der Waals surface area contributed by atoms with Crippen molar-refractivity contribution in [1.29, 1.82) is 0 Å². The van der Waals surface area contributed by atoms with Gasteiger partial charge in [-0.2, -0.15) is 0 Å². The lowest BCUT2D eigenvalue weighted by Crippen LogP contribution is -1.96. The number of benzene rings is 2. The molecule has 0 atom stereocenters. The number of aryl methyl sites for hydroxylation is 1. The normalized spacial score (nSPS) is 10.7. The summed E-state index contributed by atoms with van der Waals surface area (Å²) in [5.41, 5.74) is 1.86. The first-order valence-corrected chi connectivity index (χ1v) is 6.09. The summed E-state index contributed by atoms with van der Waals surface area (Å²) in [6.07, 6.45) is 2.77. The second-order valence-electron chi connectivity index (χ2n) is 4.37. The monoisotopic (exact) mass is 271 g/mol. The van der Waals surface area contributed by atoms with E-state index in [0.717, 1.165) is 5.56 Å². The molecule has 0 heterocycles. The van der Waals surface area contributed by atoms with Crippen molar-refractivity contribution < 1.29 is 14.3 Å². The first-order valence-electron chi connectivity index (χ1n) is 6.09. The van der Waals surface area contributed by atoms with Crippen molar-refractivity contribution in [3.05, 3.63) is 71.7 Å². The van der Waals surface area contributed by atoms with E-state index in [1.54, 1.807) is 12.1 Å². The largest absolute Gasteiger partial charge is 0.506 e. The van der Waals surface area contributed by atoms with Crippen molar-refractivity contribution in [2.24, 2.45) is 0 Å². The molecule has 3 nitrogen and oxygen atoms in total. The minimum absolute atomic E-state index is 0.115. The van der Waals surface area contributed by atoms with Crippen LogP contribution in [0.25, 0.3) is 0 Å². The number of carbonyl (C=O) groups excluding carboxylic acids is 1. The number of anilines is 1. The fraction of sp³-hybridized carbons (Fsp3) is 0.0625. The van der Waals surface area contributed by atoms with E-state index in [1.165, 1.54) is 36.5 Å². The van der Waals surface area contributed by atoms with Gasteiger partial charge in [-0.1, -0.05) is 6.07 Å². The van der Waals surface area contributed by atoms with Gasteiger partial charge in [-0.3, -0.25) is 4.79 Å². The lowest BCUT2D eigenvalue weighted by Gasteiger charge is -2.04. The quantitative estimate of drug-likeness (QED) is 0.507. The maximum atomic E-state index is 12.7. The van der Waals surface area contributed by atoms with Gasteiger partial charge in [0.1, 0.15) is 11.6 Å². The molecule has 0 aliphatic rings.